The lowest BCUT2D eigenvalue weighted by Gasteiger charge is -2.14. The highest BCUT2D eigenvalue weighted by Gasteiger charge is 2.40. The smallest absolute Gasteiger partial charge is 0.324 e. The van der Waals surface area contributed by atoms with Crippen LogP contribution >= 0.6 is 11.3 Å². The second-order valence-electron chi connectivity index (χ2n) is 2.82. The van der Waals surface area contributed by atoms with Crippen LogP contribution in [0.15, 0.2) is 5.38 Å². The Bertz CT molecular complexity index is 381. The van der Waals surface area contributed by atoms with E-state index in [1.807, 2.05) is 0 Å². The molecule has 0 aliphatic heterocycles. The van der Waals surface area contributed by atoms with Crippen molar-refractivity contribution in [2.75, 3.05) is 12.3 Å². The monoisotopic (exact) mass is 257 g/mol. The molecule has 1 rings (SSSR count). The number of rotatable bonds is 4. The van der Waals surface area contributed by atoms with Gasteiger partial charge in [0, 0.05) is 5.38 Å². The van der Waals surface area contributed by atoms with Gasteiger partial charge < -0.3 is 11.1 Å². The Hall–Kier alpha value is -1.38. The highest BCUT2D eigenvalue weighted by Crippen LogP contribution is 2.21. The zero-order valence-electron chi connectivity index (χ0n) is 7.71. The predicted octanol–water partition coefficient (Wildman–Crippen LogP) is 1.36. The van der Waals surface area contributed by atoms with Crippen molar-refractivity contribution in [2.24, 2.45) is 0 Å². The lowest BCUT2D eigenvalue weighted by Crippen LogP contribution is -2.41. The molecule has 9 heteroatoms. The van der Waals surface area contributed by atoms with E-state index in [0.717, 1.165) is 11.3 Å². The summed E-state index contributed by atoms with van der Waals surface area (Å²) in [4.78, 5) is 14.6. The average molecular weight is 257 g/mol. The van der Waals surface area contributed by atoms with E-state index < -0.39 is 24.8 Å². The first-order valence-electron chi connectivity index (χ1n) is 3.98. The largest absolute Gasteiger partial charge is 0.375 e. The molecular weight excluding hydrogens is 250 g/mol. The quantitative estimate of drug-likeness (QED) is 0.800. The second-order valence-corrected chi connectivity index (χ2v) is 3.71. The van der Waals surface area contributed by atoms with Crippen LogP contribution in [0.4, 0.5) is 22.7 Å². The first-order valence-corrected chi connectivity index (χ1v) is 4.86. The average Bonchev–Trinajstić information content (AvgIpc) is 2.61. The number of carbonyl (C=O) groups is 1. The number of nitrogens with two attached hydrogens (primary N) is 1. The Labute approximate surface area is 91.5 Å². The van der Waals surface area contributed by atoms with Crippen molar-refractivity contribution in [1.29, 1.82) is 0 Å². The van der Waals surface area contributed by atoms with E-state index in [0.29, 0.717) is 0 Å². The van der Waals surface area contributed by atoms with Crippen molar-refractivity contribution < 1.29 is 22.4 Å². The van der Waals surface area contributed by atoms with Crippen LogP contribution in [0.1, 0.15) is 10.5 Å². The number of nitrogens with one attached hydrogen (secondary N) is 1. The fourth-order valence-electron chi connectivity index (χ4n) is 0.758. The number of hydrogen-bond acceptors (Lipinski definition) is 4. The molecule has 0 atom stereocenters. The number of nitrogen functional groups attached to an aromatic ring is 1. The molecule has 0 saturated carbocycles. The highest BCUT2D eigenvalue weighted by atomic mass is 32.1. The third-order valence-corrected chi connectivity index (χ3v) is 2.23. The lowest BCUT2D eigenvalue weighted by atomic mass is 10.3. The fraction of sp³-hybridized carbons (Fsp3) is 0.429. The molecule has 4 nitrogen and oxygen atoms in total. The molecule has 1 heterocycles. The third kappa shape index (κ3) is 3.05. The van der Waals surface area contributed by atoms with Gasteiger partial charge in [-0.1, -0.05) is 0 Å². The van der Waals surface area contributed by atoms with Gasteiger partial charge in [0.25, 0.3) is 5.91 Å². The summed E-state index contributed by atoms with van der Waals surface area (Å²) in [5, 5.41) is 2.98. The normalized spacial score (nSPS) is 11.8. The second kappa shape index (κ2) is 4.64. The molecule has 0 aromatic carbocycles. The number of anilines is 1. The molecule has 0 unspecified atom stereocenters. The Morgan fingerprint density at radius 3 is 2.69 bits per heavy atom. The maximum Gasteiger partial charge on any atom is 0.324 e. The lowest BCUT2D eigenvalue weighted by molar-refractivity contribution is -0.123. The summed E-state index contributed by atoms with van der Waals surface area (Å²) in [6.45, 7) is -1.44. The molecule has 16 heavy (non-hydrogen) atoms. The van der Waals surface area contributed by atoms with Gasteiger partial charge in [-0.3, -0.25) is 4.79 Å². The summed E-state index contributed by atoms with van der Waals surface area (Å²) in [7, 11) is 0. The summed E-state index contributed by atoms with van der Waals surface area (Å²) in [5.74, 6) is -5.22. The van der Waals surface area contributed by atoms with Crippen molar-refractivity contribution in [3.63, 3.8) is 0 Å². The Morgan fingerprint density at radius 2 is 2.25 bits per heavy atom. The van der Waals surface area contributed by atoms with Crippen molar-refractivity contribution in [3.05, 3.63) is 11.1 Å². The van der Waals surface area contributed by atoms with E-state index in [1.165, 1.54) is 5.38 Å². The number of aromatic nitrogens is 1. The SMILES string of the molecule is Nc1nc(C(=O)NCC(F)(F)C(F)F)cs1. The van der Waals surface area contributed by atoms with Crippen LogP contribution < -0.4 is 11.1 Å². The number of amides is 1. The maximum atomic E-state index is 12.4. The van der Waals surface area contributed by atoms with Crippen molar-refractivity contribution in [3.8, 4) is 0 Å². The number of carbonyl (C=O) groups excluding carboxylic acids is 1. The molecule has 1 amide bonds. The van der Waals surface area contributed by atoms with Gasteiger partial charge in [0.15, 0.2) is 5.13 Å². The van der Waals surface area contributed by atoms with Crippen LogP contribution in [0, 0.1) is 0 Å². The molecule has 1 aromatic heterocycles. The van der Waals surface area contributed by atoms with Crippen LogP contribution in [0.2, 0.25) is 0 Å². The number of hydrogen-bond donors (Lipinski definition) is 2. The topological polar surface area (TPSA) is 68.0 Å². The van der Waals surface area contributed by atoms with Gasteiger partial charge in [-0.05, 0) is 0 Å². The molecule has 0 aliphatic rings. The van der Waals surface area contributed by atoms with E-state index >= 15 is 0 Å². The summed E-state index contributed by atoms with van der Waals surface area (Å²) in [6.07, 6.45) is -3.83. The van der Waals surface area contributed by atoms with Crippen molar-refractivity contribution in [1.82, 2.24) is 10.3 Å². The minimum absolute atomic E-state index is 0.0887. The maximum absolute atomic E-state index is 12.4. The summed E-state index contributed by atoms with van der Waals surface area (Å²) in [5.41, 5.74) is 5.03. The molecular formula is C7H7F4N3OS. The predicted molar refractivity (Wildman–Crippen MR) is 49.8 cm³/mol. The van der Waals surface area contributed by atoms with E-state index in [9.17, 15) is 22.4 Å². The minimum atomic E-state index is -4.25. The minimum Gasteiger partial charge on any atom is -0.375 e. The van der Waals surface area contributed by atoms with Crippen LogP contribution in [-0.2, 0) is 0 Å². The van der Waals surface area contributed by atoms with Crippen LogP contribution in [0.3, 0.4) is 0 Å². The van der Waals surface area contributed by atoms with Gasteiger partial charge in [0.1, 0.15) is 5.69 Å². The zero-order valence-corrected chi connectivity index (χ0v) is 8.53. The highest BCUT2D eigenvalue weighted by molar-refractivity contribution is 7.13. The van der Waals surface area contributed by atoms with Crippen molar-refractivity contribution in [2.45, 2.75) is 12.3 Å². The van der Waals surface area contributed by atoms with Gasteiger partial charge in [-0.15, -0.1) is 11.3 Å². The summed E-state index contributed by atoms with van der Waals surface area (Å²) in [6, 6.07) is 0. The Kier molecular flexibility index (Phi) is 3.68. The number of nitrogens with zero attached hydrogens (tertiary/aromatic N) is 1. The van der Waals surface area contributed by atoms with E-state index in [2.05, 4.69) is 4.98 Å². The van der Waals surface area contributed by atoms with E-state index in [-0.39, 0.29) is 10.8 Å². The molecule has 0 saturated heterocycles. The van der Waals surface area contributed by atoms with Gasteiger partial charge in [-0.25, -0.2) is 13.8 Å². The summed E-state index contributed by atoms with van der Waals surface area (Å²) < 4.78 is 48.3. The first-order chi connectivity index (χ1) is 7.33. The molecule has 0 fully saturated rings. The molecule has 0 spiro atoms. The number of alkyl halides is 4. The van der Waals surface area contributed by atoms with Crippen LogP contribution in [-0.4, -0.2) is 29.8 Å². The standard InChI is InChI=1S/C7H7F4N3OS/c8-5(9)7(10,11)2-13-4(15)3-1-16-6(12)14-3/h1,5H,2H2,(H2,12,14)(H,13,15). The van der Waals surface area contributed by atoms with Gasteiger partial charge in [-0.2, -0.15) is 8.78 Å². The van der Waals surface area contributed by atoms with Crippen LogP contribution in [0.25, 0.3) is 0 Å². The Morgan fingerprint density at radius 1 is 1.62 bits per heavy atom. The number of thiazole rings is 1. The van der Waals surface area contributed by atoms with E-state index in [4.69, 9.17) is 5.73 Å². The molecule has 3 N–H and O–H groups in total. The first kappa shape index (κ1) is 12.7. The van der Waals surface area contributed by atoms with Crippen molar-refractivity contribution >= 4 is 22.4 Å². The molecule has 1 aromatic rings. The zero-order chi connectivity index (χ0) is 12.3. The van der Waals surface area contributed by atoms with Gasteiger partial charge >= 0.3 is 12.3 Å². The molecule has 0 radical (unpaired) electrons. The molecule has 0 aliphatic carbocycles. The fourth-order valence-corrected chi connectivity index (χ4v) is 1.30. The Balaban J connectivity index is 2.54. The van der Waals surface area contributed by atoms with E-state index in [1.54, 1.807) is 5.32 Å². The van der Waals surface area contributed by atoms with Gasteiger partial charge in [0.05, 0.1) is 6.54 Å². The van der Waals surface area contributed by atoms with Crippen LogP contribution in [0.5, 0.6) is 0 Å². The molecule has 90 valence electrons. The third-order valence-electron chi connectivity index (χ3n) is 1.56. The molecule has 0 bridgehead atoms. The number of halogens is 4. The summed E-state index contributed by atoms with van der Waals surface area (Å²) >= 11 is 0.943. The van der Waals surface area contributed by atoms with Gasteiger partial charge in [0.2, 0.25) is 0 Å².